The van der Waals surface area contributed by atoms with Gasteiger partial charge in [0.05, 0.1) is 18.7 Å². The zero-order valence-electron chi connectivity index (χ0n) is 20.5. The van der Waals surface area contributed by atoms with E-state index in [1.165, 1.54) is 0 Å². The molecule has 3 atom stereocenters. The van der Waals surface area contributed by atoms with Crippen molar-refractivity contribution < 1.29 is 14.3 Å². The van der Waals surface area contributed by atoms with Gasteiger partial charge < -0.3 is 15.4 Å². The van der Waals surface area contributed by atoms with Crippen LogP contribution in [0.25, 0.3) is 0 Å². The van der Waals surface area contributed by atoms with Gasteiger partial charge >= 0.3 is 5.97 Å². The van der Waals surface area contributed by atoms with Crippen LogP contribution in [0.5, 0.6) is 0 Å². The van der Waals surface area contributed by atoms with Gasteiger partial charge in [-0.2, -0.15) is 0 Å². The molecule has 1 amide bonds. The second kappa shape index (κ2) is 11.5. The molecule has 0 aliphatic carbocycles. The molecule has 5 nitrogen and oxygen atoms in total. The van der Waals surface area contributed by atoms with Crippen LogP contribution in [0.2, 0.25) is 0 Å². The van der Waals surface area contributed by atoms with Gasteiger partial charge in [-0.3, -0.25) is 4.79 Å². The predicted molar refractivity (Wildman–Crippen MR) is 122 cm³/mol. The first-order valence-electron chi connectivity index (χ1n) is 10.7. The molecular formula is C24H44N2O3. The van der Waals surface area contributed by atoms with Crippen LogP contribution in [0.4, 0.5) is 0 Å². The molecule has 0 aliphatic heterocycles. The topological polar surface area (TPSA) is 67.4 Å². The van der Waals surface area contributed by atoms with E-state index in [1.807, 2.05) is 33.9 Å². The maximum Gasteiger partial charge on any atom is 0.333 e. The Balaban J connectivity index is 5.63. The van der Waals surface area contributed by atoms with E-state index in [0.29, 0.717) is 18.1 Å². The van der Waals surface area contributed by atoms with Gasteiger partial charge in [0, 0.05) is 5.57 Å². The first-order valence-corrected chi connectivity index (χ1v) is 10.7. The molecule has 0 saturated heterocycles. The average molecular weight is 409 g/mol. The lowest BCUT2D eigenvalue weighted by atomic mass is 9.82. The summed E-state index contributed by atoms with van der Waals surface area (Å²) in [6, 6.07) is -0.418. The van der Waals surface area contributed by atoms with Gasteiger partial charge in [-0.05, 0) is 43.6 Å². The fraction of sp³-hybridized carbons (Fsp3) is 0.750. The highest BCUT2D eigenvalue weighted by molar-refractivity contribution is 5.87. The highest BCUT2D eigenvalue weighted by atomic mass is 16.5. The summed E-state index contributed by atoms with van der Waals surface area (Å²) in [5.74, 6) is 0.0913. The Kier molecular flexibility index (Phi) is 10.9. The van der Waals surface area contributed by atoms with Gasteiger partial charge in [0.15, 0.2) is 0 Å². The number of amides is 1. The van der Waals surface area contributed by atoms with E-state index in [1.54, 1.807) is 13.8 Å². The van der Waals surface area contributed by atoms with Gasteiger partial charge in [-0.1, -0.05) is 73.6 Å². The van der Waals surface area contributed by atoms with Crippen molar-refractivity contribution in [3.8, 4) is 0 Å². The molecule has 29 heavy (non-hydrogen) atoms. The fourth-order valence-electron chi connectivity index (χ4n) is 3.06. The van der Waals surface area contributed by atoms with Crippen LogP contribution < -0.4 is 10.6 Å². The lowest BCUT2D eigenvalue weighted by Gasteiger charge is -2.34. The van der Waals surface area contributed by atoms with Crippen LogP contribution in [0.15, 0.2) is 23.8 Å². The summed E-state index contributed by atoms with van der Waals surface area (Å²) in [7, 11) is 1.81. The summed E-state index contributed by atoms with van der Waals surface area (Å²) >= 11 is 0. The summed E-state index contributed by atoms with van der Waals surface area (Å²) in [6.45, 7) is 20.7. The van der Waals surface area contributed by atoms with E-state index >= 15 is 0 Å². The maximum atomic E-state index is 12.9. The fourth-order valence-corrected chi connectivity index (χ4v) is 3.06. The summed E-state index contributed by atoms with van der Waals surface area (Å²) in [5.41, 5.74) is 0.267. The Morgan fingerprint density at radius 3 is 1.93 bits per heavy atom. The van der Waals surface area contributed by atoms with Crippen LogP contribution in [-0.4, -0.2) is 37.6 Å². The number of nitrogens with one attached hydrogen (secondary N) is 2. The standard InChI is InChI=1S/C24H44N2O3/c1-12-29-22(28)17(4)15-18(16(2)3)13-14-19(23(5,6)7)26-21(27)20(25-11)24(8,9)10/h13-16,18-20,25H,12H2,1-11H3,(H,26,27)/b14-13+,17-15+/t18-,19-,20-/m1/s1. The quantitative estimate of drug-likeness (QED) is 0.335. The van der Waals surface area contributed by atoms with E-state index in [9.17, 15) is 9.59 Å². The predicted octanol–water partition coefficient (Wildman–Crippen LogP) is 4.49. The van der Waals surface area contributed by atoms with Crippen LogP contribution in [0.3, 0.4) is 0 Å². The smallest absolute Gasteiger partial charge is 0.333 e. The Bertz CT molecular complexity index is 592. The number of likely N-dealkylation sites (N-methyl/N-ethyl adjacent to an activating group) is 1. The Morgan fingerprint density at radius 2 is 1.55 bits per heavy atom. The van der Waals surface area contributed by atoms with Crippen molar-refractivity contribution in [1.82, 2.24) is 10.6 Å². The number of carbonyl (C=O) groups is 2. The van der Waals surface area contributed by atoms with Crippen LogP contribution in [0, 0.1) is 22.7 Å². The van der Waals surface area contributed by atoms with Crippen molar-refractivity contribution >= 4 is 11.9 Å². The molecule has 0 fully saturated rings. The number of carbonyl (C=O) groups excluding carboxylic acids is 2. The number of hydrogen-bond acceptors (Lipinski definition) is 4. The number of esters is 1. The Morgan fingerprint density at radius 1 is 1.00 bits per heavy atom. The Hall–Kier alpha value is -1.62. The third kappa shape index (κ3) is 9.62. The number of allylic oxidation sites excluding steroid dienone is 2. The van der Waals surface area contributed by atoms with E-state index in [0.717, 1.165) is 0 Å². The van der Waals surface area contributed by atoms with Crippen molar-refractivity contribution in [2.45, 2.75) is 81.3 Å². The summed E-state index contributed by atoms with van der Waals surface area (Å²) in [5, 5.41) is 6.34. The van der Waals surface area contributed by atoms with Crippen molar-refractivity contribution in [2.75, 3.05) is 13.7 Å². The third-order valence-corrected chi connectivity index (χ3v) is 4.98. The van der Waals surface area contributed by atoms with Crippen LogP contribution in [0.1, 0.15) is 69.2 Å². The third-order valence-electron chi connectivity index (χ3n) is 4.98. The molecule has 0 unspecified atom stereocenters. The van der Waals surface area contributed by atoms with Crippen molar-refractivity contribution in [3.05, 3.63) is 23.8 Å². The van der Waals surface area contributed by atoms with Crippen LogP contribution >= 0.6 is 0 Å². The van der Waals surface area contributed by atoms with Gasteiger partial charge in [0.25, 0.3) is 0 Å². The molecule has 0 heterocycles. The molecule has 0 radical (unpaired) electrons. The molecule has 0 aromatic heterocycles. The highest BCUT2D eigenvalue weighted by Gasteiger charge is 2.33. The van der Waals surface area contributed by atoms with Crippen molar-refractivity contribution in [3.63, 3.8) is 0 Å². The number of ether oxygens (including phenoxy) is 1. The monoisotopic (exact) mass is 408 g/mol. The first kappa shape index (κ1) is 27.4. The Labute approximate surface area is 178 Å². The van der Waals surface area contributed by atoms with E-state index in [4.69, 9.17) is 4.74 Å². The number of hydrogen-bond donors (Lipinski definition) is 2. The number of rotatable bonds is 9. The summed E-state index contributed by atoms with van der Waals surface area (Å²) < 4.78 is 5.09. The van der Waals surface area contributed by atoms with Gasteiger partial charge in [-0.25, -0.2) is 4.79 Å². The van der Waals surface area contributed by atoms with Gasteiger partial charge in [-0.15, -0.1) is 0 Å². The second-order valence-corrected chi connectivity index (χ2v) is 10.2. The molecular weight excluding hydrogens is 364 g/mol. The summed E-state index contributed by atoms with van der Waals surface area (Å²) in [6.07, 6.45) is 6.11. The van der Waals surface area contributed by atoms with E-state index in [-0.39, 0.29) is 40.7 Å². The highest BCUT2D eigenvalue weighted by Crippen LogP contribution is 2.25. The lowest BCUT2D eigenvalue weighted by Crippen LogP contribution is -2.54. The lowest BCUT2D eigenvalue weighted by molar-refractivity contribution is -0.138. The normalized spacial score (nSPS) is 16.6. The molecule has 0 rings (SSSR count). The largest absolute Gasteiger partial charge is 0.463 e. The van der Waals surface area contributed by atoms with Crippen molar-refractivity contribution in [2.24, 2.45) is 22.7 Å². The van der Waals surface area contributed by atoms with Crippen LogP contribution in [-0.2, 0) is 14.3 Å². The molecule has 5 heteroatoms. The van der Waals surface area contributed by atoms with Gasteiger partial charge in [0.2, 0.25) is 5.91 Å². The zero-order chi connectivity index (χ0) is 23.0. The minimum absolute atomic E-state index is 0.0103. The van der Waals surface area contributed by atoms with E-state index in [2.05, 4.69) is 57.4 Å². The molecule has 0 aromatic carbocycles. The SMILES string of the molecule is CCOC(=O)/C(C)=C/[C@@H](/C=C/[C@@H](NC(=O)[C@@H](NC)C(C)(C)C)C(C)(C)C)C(C)C. The molecule has 2 N–H and O–H groups in total. The molecule has 0 aromatic rings. The van der Waals surface area contributed by atoms with Gasteiger partial charge in [0.1, 0.15) is 0 Å². The summed E-state index contributed by atoms with van der Waals surface area (Å²) in [4.78, 5) is 24.9. The molecule has 0 spiro atoms. The molecule has 0 aliphatic rings. The maximum absolute atomic E-state index is 12.9. The zero-order valence-corrected chi connectivity index (χ0v) is 20.5. The minimum atomic E-state index is -0.285. The molecule has 0 saturated carbocycles. The second-order valence-electron chi connectivity index (χ2n) is 10.2. The van der Waals surface area contributed by atoms with E-state index < -0.39 is 0 Å². The first-order chi connectivity index (χ1) is 13.1. The van der Waals surface area contributed by atoms with Crippen molar-refractivity contribution in [1.29, 1.82) is 0 Å². The minimum Gasteiger partial charge on any atom is -0.463 e. The average Bonchev–Trinajstić information content (AvgIpc) is 2.55. The molecule has 168 valence electrons. The molecule has 0 bridgehead atoms.